The quantitative estimate of drug-likeness (QED) is 0.686. The monoisotopic (exact) mass is 374 g/mol. The maximum atomic E-state index is 12.6. The van der Waals surface area contributed by atoms with Crippen LogP contribution in [0.5, 0.6) is 0 Å². The summed E-state index contributed by atoms with van der Waals surface area (Å²) < 4.78 is 28.2. The third-order valence-electron chi connectivity index (χ3n) is 5.38. The van der Waals surface area contributed by atoms with Crippen LogP contribution in [0, 0.1) is 5.92 Å². The smallest absolute Gasteiger partial charge is 0.241 e. The summed E-state index contributed by atoms with van der Waals surface area (Å²) in [5, 5.41) is 5.73. The Morgan fingerprint density at radius 3 is 2.36 bits per heavy atom. The Morgan fingerprint density at radius 1 is 1.20 bits per heavy atom. The van der Waals surface area contributed by atoms with Crippen molar-refractivity contribution in [2.75, 3.05) is 26.0 Å². The molecule has 0 aromatic heterocycles. The molecule has 1 heterocycles. The van der Waals surface area contributed by atoms with Gasteiger partial charge in [0, 0.05) is 38.0 Å². The van der Waals surface area contributed by atoms with Gasteiger partial charge in [0.2, 0.25) is 11.8 Å². The van der Waals surface area contributed by atoms with Crippen molar-refractivity contribution in [3.63, 3.8) is 0 Å². The molecule has 144 valence electrons. The SMILES string of the molecule is C[C@@H](CCNC(=O)C1CCOCC1)NC(=O)C1(S(C)(=O)=O)CCCC1. The molecule has 25 heavy (non-hydrogen) atoms. The van der Waals surface area contributed by atoms with Gasteiger partial charge in [-0.05, 0) is 39.0 Å². The van der Waals surface area contributed by atoms with E-state index in [0.717, 1.165) is 31.9 Å². The van der Waals surface area contributed by atoms with Gasteiger partial charge in [0.1, 0.15) is 4.75 Å². The highest BCUT2D eigenvalue weighted by Gasteiger charge is 2.50. The molecule has 0 bridgehead atoms. The minimum atomic E-state index is -3.45. The van der Waals surface area contributed by atoms with Crippen LogP contribution in [0.1, 0.15) is 51.9 Å². The van der Waals surface area contributed by atoms with Crippen molar-refractivity contribution < 1.29 is 22.7 Å². The molecule has 2 aliphatic rings. The van der Waals surface area contributed by atoms with Crippen molar-refractivity contribution in [1.82, 2.24) is 10.6 Å². The van der Waals surface area contributed by atoms with Crippen LogP contribution < -0.4 is 10.6 Å². The van der Waals surface area contributed by atoms with Crippen LogP contribution in [-0.4, -0.2) is 57.0 Å². The highest BCUT2D eigenvalue weighted by atomic mass is 32.2. The highest BCUT2D eigenvalue weighted by molar-refractivity contribution is 7.92. The van der Waals surface area contributed by atoms with Crippen molar-refractivity contribution >= 4 is 21.7 Å². The number of nitrogens with one attached hydrogen (secondary N) is 2. The summed E-state index contributed by atoms with van der Waals surface area (Å²) in [6.07, 6.45) is 5.52. The Balaban J connectivity index is 1.78. The van der Waals surface area contributed by atoms with Crippen LogP contribution >= 0.6 is 0 Å². The Morgan fingerprint density at radius 2 is 1.80 bits per heavy atom. The van der Waals surface area contributed by atoms with E-state index < -0.39 is 20.5 Å². The molecule has 0 aromatic rings. The Kier molecular flexibility index (Phi) is 6.85. The fourth-order valence-corrected chi connectivity index (χ4v) is 5.08. The van der Waals surface area contributed by atoms with Crippen molar-refractivity contribution in [1.29, 1.82) is 0 Å². The number of hydrogen-bond donors (Lipinski definition) is 2. The summed E-state index contributed by atoms with van der Waals surface area (Å²) in [6, 6.07) is -0.193. The average Bonchev–Trinajstić information content (AvgIpc) is 3.06. The minimum Gasteiger partial charge on any atom is -0.381 e. The van der Waals surface area contributed by atoms with E-state index in [1.165, 1.54) is 0 Å². The van der Waals surface area contributed by atoms with Crippen molar-refractivity contribution in [2.24, 2.45) is 5.92 Å². The molecule has 2 amide bonds. The average molecular weight is 375 g/mol. The molecule has 0 spiro atoms. The first kappa shape index (κ1) is 20.2. The third-order valence-corrected chi connectivity index (χ3v) is 7.39. The molecule has 1 saturated carbocycles. The van der Waals surface area contributed by atoms with Gasteiger partial charge in [0.25, 0.3) is 0 Å². The number of amides is 2. The summed E-state index contributed by atoms with van der Waals surface area (Å²) in [7, 11) is -3.45. The second-order valence-corrected chi connectivity index (χ2v) is 9.64. The van der Waals surface area contributed by atoms with Crippen LogP contribution in [0.25, 0.3) is 0 Å². The van der Waals surface area contributed by atoms with Crippen molar-refractivity contribution in [3.05, 3.63) is 0 Å². The van der Waals surface area contributed by atoms with E-state index in [1.807, 2.05) is 6.92 Å². The molecule has 1 atom stereocenters. The van der Waals surface area contributed by atoms with Gasteiger partial charge in [-0.15, -0.1) is 0 Å². The molecular formula is C17H30N2O5S. The Bertz CT molecular complexity index is 578. The highest BCUT2D eigenvalue weighted by Crippen LogP contribution is 2.36. The summed E-state index contributed by atoms with van der Waals surface area (Å²) >= 11 is 0. The largest absolute Gasteiger partial charge is 0.381 e. The van der Waals surface area contributed by atoms with E-state index in [4.69, 9.17) is 4.74 Å². The molecule has 0 aromatic carbocycles. The van der Waals surface area contributed by atoms with Gasteiger partial charge < -0.3 is 15.4 Å². The Labute approximate surface area is 150 Å². The molecule has 8 heteroatoms. The second kappa shape index (κ2) is 8.49. The lowest BCUT2D eigenvalue weighted by Crippen LogP contribution is -2.52. The number of carbonyl (C=O) groups excluding carboxylic acids is 2. The molecular weight excluding hydrogens is 344 g/mol. The van der Waals surface area contributed by atoms with E-state index in [0.29, 0.717) is 39.0 Å². The van der Waals surface area contributed by atoms with E-state index in [2.05, 4.69) is 10.6 Å². The second-order valence-electron chi connectivity index (χ2n) is 7.31. The van der Waals surface area contributed by atoms with E-state index in [-0.39, 0.29) is 17.9 Å². The van der Waals surface area contributed by atoms with Gasteiger partial charge in [-0.3, -0.25) is 9.59 Å². The predicted octanol–water partition coefficient (Wildman–Crippen LogP) is 0.781. The number of ether oxygens (including phenoxy) is 1. The first-order valence-corrected chi connectivity index (χ1v) is 11.0. The van der Waals surface area contributed by atoms with Crippen LogP contribution in [0.3, 0.4) is 0 Å². The molecule has 2 rings (SSSR count). The zero-order valence-electron chi connectivity index (χ0n) is 15.2. The normalized spacial score (nSPS) is 22.3. The standard InChI is InChI=1S/C17H30N2O5S/c1-13(5-10-18-15(20)14-6-11-24-12-7-14)19-16(21)17(25(2,22)23)8-3-4-9-17/h13-14H,3-12H2,1-2H3,(H,18,20)(H,19,21)/t13-/m0/s1. The molecule has 2 fully saturated rings. The summed E-state index contributed by atoms with van der Waals surface area (Å²) in [4.78, 5) is 24.6. The van der Waals surface area contributed by atoms with Crippen molar-refractivity contribution in [2.45, 2.75) is 62.7 Å². The number of sulfone groups is 1. The van der Waals surface area contributed by atoms with E-state index in [1.54, 1.807) is 0 Å². The van der Waals surface area contributed by atoms with Crippen molar-refractivity contribution in [3.8, 4) is 0 Å². The van der Waals surface area contributed by atoms with Crippen LogP contribution in [0.15, 0.2) is 0 Å². The lowest BCUT2D eigenvalue weighted by Gasteiger charge is -2.28. The van der Waals surface area contributed by atoms with Crippen LogP contribution in [-0.2, 0) is 24.2 Å². The number of carbonyl (C=O) groups is 2. The molecule has 1 aliphatic carbocycles. The summed E-state index contributed by atoms with van der Waals surface area (Å²) in [5.41, 5.74) is 0. The molecule has 7 nitrogen and oxygen atoms in total. The predicted molar refractivity (Wildman–Crippen MR) is 94.8 cm³/mol. The van der Waals surface area contributed by atoms with Gasteiger partial charge in [0.05, 0.1) is 0 Å². The first-order valence-electron chi connectivity index (χ1n) is 9.12. The third kappa shape index (κ3) is 4.94. The fourth-order valence-electron chi connectivity index (χ4n) is 3.66. The van der Waals surface area contributed by atoms with E-state index in [9.17, 15) is 18.0 Å². The molecule has 2 N–H and O–H groups in total. The zero-order chi connectivity index (χ0) is 18.5. The zero-order valence-corrected chi connectivity index (χ0v) is 16.0. The number of hydrogen-bond acceptors (Lipinski definition) is 5. The molecule has 0 radical (unpaired) electrons. The molecule has 0 unspecified atom stereocenters. The maximum absolute atomic E-state index is 12.6. The lowest BCUT2D eigenvalue weighted by atomic mass is 9.99. The van der Waals surface area contributed by atoms with Gasteiger partial charge in [0.15, 0.2) is 9.84 Å². The molecule has 1 saturated heterocycles. The van der Waals surface area contributed by atoms with E-state index >= 15 is 0 Å². The number of rotatable bonds is 7. The maximum Gasteiger partial charge on any atom is 0.241 e. The first-order chi connectivity index (χ1) is 11.8. The van der Waals surface area contributed by atoms with Gasteiger partial charge in [-0.2, -0.15) is 0 Å². The van der Waals surface area contributed by atoms with Gasteiger partial charge >= 0.3 is 0 Å². The Hall–Kier alpha value is -1.15. The van der Waals surface area contributed by atoms with Gasteiger partial charge in [-0.25, -0.2) is 8.42 Å². The topological polar surface area (TPSA) is 102 Å². The molecule has 1 aliphatic heterocycles. The van der Waals surface area contributed by atoms with Gasteiger partial charge in [-0.1, -0.05) is 12.8 Å². The summed E-state index contributed by atoms with van der Waals surface area (Å²) in [6.45, 7) is 3.54. The summed E-state index contributed by atoms with van der Waals surface area (Å²) in [5.74, 6) is -0.355. The van der Waals surface area contributed by atoms with Crippen LogP contribution in [0.2, 0.25) is 0 Å². The van der Waals surface area contributed by atoms with Crippen LogP contribution in [0.4, 0.5) is 0 Å². The fraction of sp³-hybridized carbons (Fsp3) is 0.882. The lowest BCUT2D eigenvalue weighted by molar-refractivity contribution is -0.127. The minimum absolute atomic E-state index is 0.00522.